The van der Waals surface area contributed by atoms with E-state index in [0.717, 1.165) is 6.42 Å². The van der Waals surface area contributed by atoms with Gasteiger partial charge in [-0.05, 0) is 88.2 Å². The Morgan fingerprint density at radius 1 is 0.960 bits per heavy atom. The van der Waals surface area contributed by atoms with Gasteiger partial charge < -0.3 is 20.1 Å². The zero-order chi connectivity index (χ0) is 19.4. The lowest BCUT2D eigenvalue weighted by atomic mass is 9.91. The maximum atomic E-state index is 10.5. The van der Waals surface area contributed by atoms with Crippen molar-refractivity contribution in [2.24, 2.45) is 0 Å². The lowest BCUT2D eigenvalue weighted by Crippen LogP contribution is -2.31. The van der Waals surface area contributed by atoms with E-state index in [1.54, 1.807) is 27.7 Å². The number of benzene rings is 1. The monoisotopic (exact) mass is 372 g/mol. The molecule has 25 heavy (non-hydrogen) atoms. The number of ether oxygens (including phenoxy) is 1. The van der Waals surface area contributed by atoms with Crippen molar-refractivity contribution in [3.8, 4) is 11.5 Å². The van der Waals surface area contributed by atoms with E-state index in [0.29, 0.717) is 41.7 Å². The first-order valence-electron chi connectivity index (χ1n) is 8.82. The molecule has 1 rings (SSSR count). The molecule has 0 bridgehead atoms. The molecule has 0 saturated carbocycles. The summed E-state index contributed by atoms with van der Waals surface area (Å²) in [5, 5.41) is 31.1. The predicted octanol–water partition coefficient (Wildman–Crippen LogP) is 3.81. The Balaban J connectivity index is 2.59. The molecule has 4 nitrogen and oxygen atoms in total. The second kappa shape index (κ2) is 8.65. The molecule has 0 aliphatic carbocycles. The maximum absolute atomic E-state index is 10.5. The van der Waals surface area contributed by atoms with Crippen LogP contribution in [0, 0.1) is 20.8 Å². The average molecular weight is 373 g/mol. The highest BCUT2D eigenvalue weighted by molar-refractivity contribution is 8.32. The zero-order valence-corrected chi connectivity index (χ0v) is 17.7. The number of aromatic hydroxyl groups is 2. The minimum absolute atomic E-state index is 0.220. The second-order valence-electron chi connectivity index (χ2n) is 8.25. The van der Waals surface area contributed by atoms with Crippen LogP contribution in [-0.2, 0) is 11.2 Å². The SMILES string of the molecule is Cc1c(C)c(O)c(CC[C@@](C)(O)COCCCS(C)(C)C)c(C)c1O. The Hall–Kier alpha value is -0.910. The fourth-order valence-electron chi connectivity index (χ4n) is 2.84. The van der Waals surface area contributed by atoms with Crippen molar-refractivity contribution in [2.75, 3.05) is 37.7 Å². The van der Waals surface area contributed by atoms with Crippen LogP contribution in [0.5, 0.6) is 11.5 Å². The Bertz CT molecular complexity index is 559. The van der Waals surface area contributed by atoms with Gasteiger partial charge in [-0.3, -0.25) is 0 Å². The van der Waals surface area contributed by atoms with Crippen molar-refractivity contribution in [1.82, 2.24) is 0 Å². The molecule has 0 aliphatic heterocycles. The van der Waals surface area contributed by atoms with E-state index in [9.17, 15) is 15.3 Å². The lowest BCUT2D eigenvalue weighted by Gasteiger charge is -2.26. The molecule has 0 saturated heterocycles. The number of hydrogen-bond donors (Lipinski definition) is 3. The van der Waals surface area contributed by atoms with Gasteiger partial charge in [0.05, 0.1) is 12.2 Å². The molecule has 1 atom stereocenters. The van der Waals surface area contributed by atoms with Gasteiger partial charge in [0.15, 0.2) is 0 Å². The molecule has 5 heteroatoms. The average Bonchev–Trinajstić information content (AvgIpc) is 2.49. The highest BCUT2D eigenvalue weighted by atomic mass is 32.3. The van der Waals surface area contributed by atoms with Gasteiger partial charge in [0.25, 0.3) is 0 Å². The lowest BCUT2D eigenvalue weighted by molar-refractivity contribution is -0.0382. The van der Waals surface area contributed by atoms with Gasteiger partial charge in [0, 0.05) is 12.2 Å². The smallest absolute Gasteiger partial charge is 0.122 e. The summed E-state index contributed by atoms with van der Waals surface area (Å²) in [5.41, 5.74) is 1.83. The number of phenolic OH excluding ortho intramolecular Hbond substituents is 2. The normalized spacial score (nSPS) is 15.2. The zero-order valence-electron chi connectivity index (χ0n) is 16.9. The van der Waals surface area contributed by atoms with Crippen LogP contribution in [-0.4, -0.2) is 58.7 Å². The highest BCUT2D eigenvalue weighted by Crippen LogP contribution is 2.37. The molecule has 0 amide bonds. The third-order valence-electron chi connectivity index (χ3n) is 4.74. The first-order chi connectivity index (χ1) is 11.4. The second-order valence-corrected chi connectivity index (χ2v) is 12.8. The summed E-state index contributed by atoms with van der Waals surface area (Å²) in [4.78, 5) is 0. The van der Waals surface area contributed by atoms with Gasteiger partial charge >= 0.3 is 0 Å². The van der Waals surface area contributed by atoms with E-state index in [1.807, 2.05) is 0 Å². The molecule has 0 heterocycles. The van der Waals surface area contributed by atoms with E-state index in [-0.39, 0.29) is 18.1 Å². The van der Waals surface area contributed by atoms with Crippen LogP contribution in [0.2, 0.25) is 0 Å². The Labute approximate surface area is 154 Å². The van der Waals surface area contributed by atoms with Crippen molar-refractivity contribution in [3.63, 3.8) is 0 Å². The van der Waals surface area contributed by atoms with Crippen molar-refractivity contribution >= 4 is 10.0 Å². The summed E-state index contributed by atoms with van der Waals surface area (Å²) in [5.74, 6) is 1.62. The first-order valence-corrected chi connectivity index (χ1v) is 11.8. The van der Waals surface area contributed by atoms with Gasteiger partial charge in [-0.25, -0.2) is 10.0 Å². The number of phenols is 2. The van der Waals surface area contributed by atoms with Crippen LogP contribution in [0.15, 0.2) is 0 Å². The van der Waals surface area contributed by atoms with Gasteiger partial charge in [-0.15, -0.1) is 0 Å². The first kappa shape index (κ1) is 22.1. The summed E-state index contributed by atoms with van der Waals surface area (Å²) >= 11 is 0. The van der Waals surface area contributed by atoms with Crippen LogP contribution >= 0.6 is 10.0 Å². The third-order valence-corrected chi connectivity index (χ3v) is 6.25. The molecule has 3 N–H and O–H groups in total. The number of rotatable bonds is 9. The van der Waals surface area contributed by atoms with Crippen LogP contribution in [0.3, 0.4) is 0 Å². The van der Waals surface area contributed by atoms with Gasteiger partial charge in [0.2, 0.25) is 0 Å². The molecule has 146 valence electrons. The van der Waals surface area contributed by atoms with Gasteiger partial charge in [0.1, 0.15) is 11.5 Å². The molecule has 0 fully saturated rings. The maximum Gasteiger partial charge on any atom is 0.122 e. The molecule has 0 aliphatic rings. The molecular formula is C20H36O4S. The predicted molar refractivity (Wildman–Crippen MR) is 109 cm³/mol. The van der Waals surface area contributed by atoms with E-state index >= 15 is 0 Å². The van der Waals surface area contributed by atoms with Crippen LogP contribution in [0.4, 0.5) is 0 Å². The highest BCUT2D eigenvalue weighted by Gasteiger charge is 2.23. The fourth-order valence-corrected chi connectivity index (χ4v) is 3.83. The number of aliphatic hydroxyl groups is 1. The molecule has 0 radical (unpaired) electrons. The Morgan fingerprint density at radius 2 is 1.52 bits per heavy atom. The number of hydrogen-bond acceptors (Lipinski definition) is 4. The summed E-state index contributed by atoms with van der Waals surface area (Å²) in [6.07, 6.45) is 8.84. The largest absolute Gasteiger partial charge is 0.507 e. The summed E-state index contributed by atoms with van der Waals surface area (Å²) < 4.78 is 5.66. The summed E-state index contributed by atoms with van der Waals surface area (Å²) in [6, 6.07) is 0. The Morgan fingerprint density at radius 3 is 2.08 bits per heavy atom. The van der Waals surface area contributed by atoms with Crippen molar-refractivity contribution in [3.05, 3.63) is 22.3 Å². The van der Waals surface area contributed by atoms with E-state index < -0.39 is 15.6 Å². The van der Waals surface area contributed by atoms with Gasteiger partial charge in [-0.2, -0.15) is 0 Å². The molecule has 0 spiro atoms. The van der Waals surface area contributed by atoms with E-state index in [2.05, 4.69) is 18.8 Å². The van der Waals surface area contributed by atoms with Crippen LogP contribution < -0.4 is 0 Å². The summed E-state index contributed by atoms with van der Waals surface area (Å²) in [7, 11) is -0.502. The minimum Gasteiger partial charge on any atom is -0.507 e. The van der Waals surface area contributed by atoms with E-state index in [4.69, 9.17) is 4.74 Å². The van der Waals surface area contributed by atoms with Crippen LogP contribution in [0.1, 0.15) is 42.0 Å². The molecule has 0 aromatic heterocycles. The van der Waals surface area contributed by atoms with Gasteiger partial charge in [-0.1, -0.05) is 0 Å². The third kappa shape index (κ3) is 6.72. The Kier molecular flexibility index (Phi) is 7.66. The quantitative estimate of drug-likeness (QED) is 0.455. The standard InChI is InChI=1S/C20H36O4S/c1-14-15(2)19(22)17(16(3)18(14)21)9-10-20(4,23)13-24-11-8-12-25(5,6)7/h21-23H,8-13H2,1-7H3/t20-/m1/s1. The van der Waals surface area contributed by atoms with Crippen LogP contribution in [0.25, 0.3) is 0 Å². The van der Waals surface area contributed by atoms with Crippen molar-refractivity contribution < 1.29 is 20.1 Å². The molecular weight excluding hydrogens is 336 g/mol. The molecule has 0 unspecified atom stereocenters. The summed E-state index contributed by atoms with van der Waals surface area (Å²) in [6.45, 7) is 8.10. The van der Waals surface area contributed by atoms with E-state index in [1.165, 1.54) is 5.75 Å². The fraction of sp³-hybridized carbons (Fsp3) is 0.700. The molecule has 1 aromatic carbocycles. The minimum atomic E-state index is -0.956. The van der Waals surface area contributed by atoms with Crippen molar-refractivity contribution in [1.29, 1.82) is 0 Å². The topological polar surface area (TPSA) is 69.9 Å². The molecule has 1 aromatic rings. The van der Waals surface area contributed by atoms with Crippen molar-refractivity contribution in [2.45, 2.75) is 52.6 Å².